The SMILES string of the molecule is COc1cccc(-c2nc(C)c(-c3ccc(SCC(=O)Nc4ccc(F)c(Cl)c4)nn3)s2)c1. The Bertz CT molecular complexity index is 1300. The normalized spacial score (nSPS) is 10.8. The van der Waals surface area contributed by atoms with E-state index in [-0.39, 0.29) is 16.7 Å². The van der Waals surface area contributed by atoms with Gasteiger partial charge in [0.1, 0.15) is 27.3 Å². The molecule has 0 atom stereocenters. The van der Waals surface area contributed by atoms with E-state index in [1.165, 1.54) is 41.3 Å². The van der Waals surface area contributed by atoms with E-state index in [1.54, 1.807) is 7.11 Å². The fraction of sp³-hybridized carbons (Fsp3) is 0.130. The highest BCUT2D eigenvalue weighted by atomic mass is 35.5. The first-order chi connectivity index (χ1) is 15.9. The molecule has 0 aliphatic carbocycles. The maximum Gasteiger partial charge on any atom is 0.234 e. The molecule has 2 aromatic carbocycles. The van der Waals surface area contributed by atoms with E-state index in [9.17, 15) is 9.18 Å². The Hall–Kier alpha value is -3.01. The third kappa shape index (κ3) is 5.68. The molecule has 33 heavy (non-hydrogen) atoms. The summed E-state index contributed by atoms with van der Waals surface area (Å²) in [5, 5.41) is 12.7. The first-order valence-corrected chi connectivity index (χ1v) is 11.9. The van der Waals surface area contributed by atoms with Gasteiger partial charge < -0.3 is 10.1 Å². The van der Waals surface area contributed by atoms with Crippen molar-refractivity contribution in [2.45, 2.75) is 11.9 Å². The number of nitrogens with zero attached hydrogens (tertiary/aromatic N) is 3. The number of thioether (sulfide) groups is 1. The monoisotopic (exact) mass is 500 g/mol. The van der Waals surface area contributed by atoms with Crippen LogP contribution in [0.4, 0.5) is 10.1 Å². The lowest BCUT2D eigenvalue weighted by atomic mass is 10.2. The number of anilines is 1. The van der Waals surface area contributed by atoms with Crippen molar-refractivity contribution in [3.63, 3.8) is 0 Å². The van der Waals surface area contributed by atoms with Crippen LogP contribution in [-0.4, -0.2) is 34.0 Å². The molecule has 0 aliphatic heterocycles. The lowest BCUT2D eigenvalue weighted by molar-refractivity contribution is -0.113. The molecule has 4 aromatic rings. The van der Waals surface area contributed by atoms with E-state index in [0.29, 0.717) is 16.4 Å². The number of hydrogen-bond donors (Lipinski definition) is 1. The highest BCUT2D eigenvalue weighted by Gasteiger charge is 2.14. The number of benzene rings is 2. The first kappa shape index (κ1) is 23.2. The largest absolute Gasteiger partial charge is 0.497 e. The topological polar surface area (TPSA) is 77.0 Å². The van der Waals surface area contributed by atoms with Gasteiger partial charge in [0, 0.05) is 11.3 Å². The van der Waals surface area contributed by atoms with Gasteiger partial charge in [0.05, 0.1) is 28.5 Å². The number of methoxy groups -OCH3 is 1. The van der Waals surface area contributed by atoms with E-state index in [0.717, 1.165) is 26.9 Å². The second-order valence-electron chi connectivity index (χ2n) is 6.89. The number of ether oxygens (including phenoxy) is 1. The molecule has 0 fully saturated rings. The second-order valence-corrected chi connectivity index (χ2v) is 9.29. The van der Waals surface area contributed by atoms with Gasteiger partial charge in [0.2, 0.25) is 5.91 Å². The second kappa shape index (κ2) is 10.3. The third-order valence-corrected chi connectivity index (χ3v) is 6.98. The molecule has 4 rings (SSSR count). The van der Waals surface area contributed by atoms with Crippen LogP contribution in [0, 0.1) is 12.7 Å². The Balaban J connectivity index is 1.40. The molecule has 0 spiro atoms. The Kier molecular flexibility index (Phi) is 7.22. The van der Waals surface area contributed by atoms with Gasteiger partial charge >= 0.3 is 0 Å². The van der Waals surface area contributed by atoms with Crippen molar-refractivity contribution >= 4 is 46.3 Å². The maximum atomic E-state index is 13.2. The number of amides is 1. The Labute approximate surface area is 203 Å². The van der Waals surface area contributed by atoms with E-state index >= 15 is 0 Å². The van der Waals surface area contributed by atoms with Crippen LogP contribution in [-0.2, 0) is 4.79 Å². The summed E-state index contributed by atoms with van der Waals surface area (Å²) in [5.41, 5.74) is 2.99. The van der Waals surface area contributed by atoms with Gasteiger partial charge in [-0.05, 0) is 49.4 Å². The van der Waals surface area contributed by atoms with Crippen molar-refractivity contribution < 1.29 is 13.9 Å². The summed E-state index contributed by atoms with van der Waals surface area (Å²) in [6, 6.07) is 15.5. The lowest BCUT2D eigenvalue weighted by Gasteiger charge is -2.06. The molecular formula is C23H18ClFN4O2S2. The predicted molar refractivity (Wildman–Crippen MR) is 131 cm³/mol. The fourth-order valence-corrected chi connectivity index (χ4v) is 4.76. The van der Waals surface area contributed by atoms with Crippen LogP contribution < -0.4 is 10.1 Å². The van der Waals surface area contributed by atoms with Crippen molar-refractivity contribution in [2.75, 3.05) is 18.2 Å². The summed E-state index contributed by atoms with van der Waals surface area (Å²) in [5.74, 6) is 0.110. The molecule has 2 heterocycles. The van der Waals surface area contributed by atoms with Gasteiger partial charge in [-0.15, -0.1) is 21.5 Å². The smallest absolute Gasteiger partial charge is 0.234 e. The van der Waals surface area contributed by atoms with Gasteiger partial charge in [0.25, 0.3) is 0 Å². The molecule has 0 bridgehead atoms. The van der Waals surface area contributed by atoms with Crippen molar-refractivity contribution in [1.29, 1.82) is 0 Å². The quantitative estimate of drug-likeness (QED) is 0.309. The first-order valence-electron chi connectivity index (χ1n) is 9.76. The van der Waals surface area contributed by atoms with Gasteiger partial charge in [-0.1, -0.05) is 35.5 Å². The summed E-state index contributed by atoms with van der Waals surface area (Å²) in [6.45, 7) is 1.94. The zero-order chi connectivity index (χ0) is 23.4. The molecule has 1 amide bonds. The Morgan fingerprint density at radius 3 is 2.76 bits per heavy atom. The molecule has 0 saturated heterocycles. The van der Waals surface area contributed by atoms with Crippen LogP contribution in [0.2, 0.25) is 5.02 Å². The Morgan fingerprint density at radius 1 is 1.18 bits per heavy atom. The standard InChI is InChI=1S/C23H18ClFN4O2S2/c1-13-22(33-23(26-13)14-4-3-5-16(10-14)31-2)19-8-9-21(29-28-19)32-12-20(30)27-15-6-7-18(25)17(24)11-15/h3-11H,12H2,1-2H3,(H,27,30). The molecule has 0 saturated carbocycles. The van der Waals surface area contributed by atoms with Crippen LogP contribution in [0.1, 0.15) is 5.69 Å². The van der Waals surface area contributed by atoms with E-state index in [2.05, 4.69) is 20.5 Å². The summed E-state index contributed by atoms with van der Waals surface area (Å²) in [7, 11) is 1.63. The Morgan fingerprint density at radius 2 is 2.03 bits per heavy atom. The van der Waals surface area contributed by atoms with Crippen LogP contribution >= 0.6 is 34.7 Å². The predicted octanol–water partition coefficient (Wildman–Crippen LogP) is 6.11. The lowest BCUT2D eigenvalue weighted by Crippen LogP contribution is -2.14. The summed E-state index contributed by atoms with van der Waals surface area (Å²) < 4.78 is 18.5. The van der Waals surface area contributed by atoms with Gasteiger partial charge in [-0.25, -0.2) is 9.37 Å². The van der Waals surface area contributed by atoms with Crippen LogP contribution in [0.3, 0.4) is 0 Å². The fourth-order valence-electron chi connectivity index (χ4n) is 2.94. The molecule has 0 aliphatic rings. The molecule has 0 radical (unpaired) electrons. The average Bonchev–Trinajstić information content (AvgIpc) is 3.22. The molecule has 6 nitrogen and oxygen atoms in total. The van der Waals surface area contributed by atoms with Crippen molar-refractivity contribution in [2.24, 2.45) is 0 Å². The van der Waals surface area contributed by atoms with E-state index < -0.39 is 5.82 Å². The van der Waals surface area contributed by atoms with E-state index in [4.69, 9.17) is 16.3 Å². The highest BCUT2D eigenvalue weighted by molar-refractivity contribution is 7.99. The molecule has 2 aromatic heterocycles. The van der Waals surface area contributed by atoms with Crippen LogP contribution in [0.15, 0.2) is 59.6 Å². The number of thiazole rings is 1. The maximum absolute atomic E-state index is 13.2. The highest BCUT2D eigenvalue weighted by Crippen LogP contribution is 2.35. The van der Waals surface area contributed by atoms with Crippen molar-refractivity contribution in [3.8, 4) is 26.9 Å². The molecule has 1 N–H and O–H groups in total. The minimum absolute atomic E-state index is 0.0465. The van der Waals surface area contributed by atoms with E-state index in [1.807, 2.05) is 43.3 Å². The summed E-state index contributed by atoms with van der Waals surface area (Å²) in [4.78, 5) is 17.8. The number of carbonyl (C=O) groups is 1. The van der Waals surface area contributed by atoms with Crippen LogP contribution in [0.5, 0.6) is 5.75 Å². The number of carbonyl (C=O) groups excluding carboxylic acids is 1. The zero-order valence-corrected chi connectivity index (χ0v) is 20.0. The number of aryl methyl sites for hydroxylation is 1. The number of nitrogens with one attached hydrogen (secondary N) is 1. The van der Waals surface area contributed by atoms with Crippen molar-refractivity contribution in [1.82, 2.24) is 15.2 Å². The number of rotatable bonds is 7. The number of hydrogen-bond acceptors (Lipinski definition) is 7. The molecule has 168 valence electrons. The van der Waals surface area contributed by atoms with Crippen LogP contribution in [0.25, 0.3) is 21.1 Å². The molecule has 10 heteroatoms. The zero-order valence-electron chi connectivity index (χ0n) is 17.6. The third-order valence-electron chi connectivity index (χ3n) is 4.54. The molecule has 0 unspecified atom stereocenters. The van der Waals surface area contributed by atoms with Gasteiger partial charge in [-0.3, -0.25) is 4.79 Å². The van der Waals surface area contributed by atoms with Gasteiger partial charge in [-0.2, -0.15) is 0 Å². The minimum Gasteiger partial charge on any atom is -0.497 e. The number of halogens is 2. The summed E-state index contributed by atoms with van der Waals surface area (Å²) >= 11 is 8.52. The molecular weight excluding hydrogens is 483 g/mol. The summed E-state index contributed by atoms with van der Waals surface area (Å²) in [6.07, 6.45) is 0. The average molecular weight is 501 g/mol. The minimum atomic E-state index is -0.536. The number of aromatic nitrogens is 3. The van der Waals surface area contributed by atoms with Gasteiger partial charge in [0.15, 0.2) is 0 Å². The van der Waals surface area contributed by atoms with Crippen molar-refractivity contribution in [3.05, 3.63) is 71.1 Å².